The second-order valence-corrected chi connectivity index (χ2v) is 7.17. The van der Waals surface area contributed by atoms with Crippen molar-refractivity contribution in [3.8, 4) is 5.75 Å². The number of aryl methyl sites for hydroxylation is 2. The van der Waals surface area contributed by atoms with Crippen molar-refractivity contribution in [1.29, 1.82) is 0 Å². The van der Waals surface area contributed by atoms with Crippen LogP contribution in [0.1, 0.15) is 37.3 Å². The van der Waals surface area contributed by atoms with Crippen LogP contribution in [0.4, 0.5) is 5.69 Å². The maximum atomic E-state index is 12.8. The highest BCUT2D eigenvalue weighted by Crippen LogP contribution is 2.27. The summed E-state index contributed by atoms with van der Waals surface area (Å²) < 4.78 is 6.06. The molecular weight excluding hydrogens is 334 g/mol. The quantitative estimate of drug-likeness (QED) is 0.652. The van der Waals surface area contributed by atoms with Gasteiger partial charge in [-0.3, -0.25) is 4.79 Å². The molecule has 1 aliphatic carbocycles. The molecule has 0 heterocycles. The summed E-state index contributed by atoms with van der Waals surface area (Å²) in [6.45, 7) is 1.98. The van der Waals surface area contributed by atoms with Crippen molar-refractivity contribution in [2.75, 3.05) is 5.32 Å². The molecule has 0 radical (unpaired) electrons. The highest BCUT2D eigenvalue weighted by Gasteiger charge is 2.20. The number of ether oxygens (including phenoxy) is 1. The maximum absolute atomic E-state index is 12.8. The Morgan fingerprint density at radius 3 is 2.63 bits per heavy atom. The first-order valence-electron chi connectivity index (χ1n) is 9.81. The first-order valence-corrected chi connectivity index (χ1v) is 9.81. The number of carbonyl (C=O) groups is 1. The molecule has 0 aromatic heterocycles. The number of nitrogens with one attached hydrogen (secondary N) is 1. The van der Waals surface area contributed by atoms with E-state index in [-0.39, 0.29) is 5.91 Å². The van der Waals surface area contributed by atoms with Gasteiger partial charge in [0.25, 0.3) is 5.91 Å². The van der Waals surface area contributed by atoms with Crippen molar-refractivity contribution in [2.24, 2.45) is 0 Å². The van der Waals surface area contributed by atoms with Crippen LogP contribution in [0.3, 0.4) is 0 Å². The molecule has 0 aliphatic heterocycles. The zero-order valence-corrected chi connectivity index (χ0v) is 15.7. The average Bonchev–Trinajstić information content (AvgIpc) is 2.72. The number of hydrogen-bond acceptors (Lipinski definition) is 2. The van der Waals surface area contributed by atoms with E-state index in [1.807, 2.05) is 55.5 Å². The summed E-state index contributed by atoms with van der Waals surface area (Å²) in [6, 6.07) is 20.3. The van der Waals surface area contributed by atoms with Crippen LogP contribution in [0, 0.1) is 0 Å². The molecule has 4 rings (SSSR count). The number of amides is 1. The van der Waals surface area contributed by atoms with E-state index in [1.54, 1.807) is 0 Å². The molecule has 0 unspecified atom stereocenters. The summed E-state index contributed by atoms with van der Waals surface area (Å²) in [5, 5.41) is 5.20. The molecule has 0 spiro atoms. The predicted octanol–water partition coefficient (Wildman–Crippen LogP) is 5.51. The molecule has 1 atom stereocenters. The number of fused-ring (bicyclic) bond motifs is 2. The van der Waals surface area contributed by atoms with Crippen LogP contribution in [0.2, 0.25) is 0 Å². The van der Waals surface area contributed by atoms with Gasteiger partial charge in [0.15, 0.2) is 6.10 Å². The van der Waals surface area contributed by atoms with Gasteiger partial charge in [-0.05, 0) is 66.8 Å². The Morgan fingerprint density at radius 1 is 1.00 bits per heavy atom. The molecule has 138 valence electrons. The first-order chi connectivity index (χ1) is 13.2. The van der Waals surface area contributed by atoms with Gasteiger partial charge in [0.05, 0.1) is 0 Å². The zero-order valence-electron chi connectivity index (χ0n) is 15.7. The zero-order chi connectivity index (χ0) is 18.6. The Bertz CT molecular complexity index is 958. The normalized spacial score (nSPS) is 14.4. The number of anilines is 1. The van der Waals surface area contributed by atoms with Gasteiger partial charge in [-0.25, -0.2) is 0 Å². The Kier molecular flexibility index (Phi) is 5.10. The van der Waals surface area contributed by atoms with Gasteiger partial charge in [0.1, 0.15) is 5.75 Å². The van der Waals surface area contributed by atoms with Crippen molar-refractivity contribution in [3.05, 3.63) is 71.8 Å². The van der Waals surface area contributed by atoms with E-state index in [2.05, 4.69) is 17.4 Å². The Morgan fingerprint density at radius 2 is 1.78 bits per heavy atom. The van der Waals surface area contributed by atoms with Crippen LogP contribution in [-0.4, -0.2) is 12.0 Å². The molecule has 3 aromatic rings. The van der Waals surface area contributed by atoms with Crippen molar-refractivity contribution >= 4 is 22.4 Å². The SMILES string of the molecule is CC[C@@H](Oc1ccc2c(c1)CCCC2)C(=O)Nc1cccc2ccccc12. The second kappa shape index (κ2) is 7.83. The summed E-state index contributed by atoms with van der Waals surface area (Å²) in [5.74, 6) is 0.683. The minimum atomic E-state index is -0.509. The number of carbonyl (C=O) groups excluding carboxylic acids is 1. The maximum Gasteiger partial charge on any atom is 0.265 e. The molecule has 27 heavy (non-hydrogen) atoms. The summed E-state index contributed by atoms with van der Waals surface area (Å²) in [4.78, 5) is 12.8. The van der Waals surface area contributed by atoms with E-state index in [0.717, 1.165) is 35.1 Å². The summed E-state index contributed by atoms with van der Waals surface area (Å²) in [5.41, 5.74) is 3.61. The number of hydrogen-bond donors (Lipinski definition) is 1. The van der Waals surface area contributed by atoms with Crippen LogP contribution >= 0.6 is 0 Å². The van der Waals surface area contributed by atoms with Crippen molar-refractivity contribution in [1.82, 2.24) is 0 Å². The van der Waals surface area contributed by atoms with Crippen LogP contribution in [0.25, 0.3) is 10.8 Å². The Balaban J connectivity index is 1.51. The molecule has 0 saturated heterocycles. The van der Waals surface area contributed by atoms with Crippen molar-refractivity contribution < 1.29 is 9.53 Å². The molecule has 3 aromatic carbocycles. The average molecular weight is 359 g/mol. The third-order valence-electron chi connectivity index (χ3n) is 5.31. The van der Waals surface area contributed by atoms with Gasteiger partial charge in [-0.15, -0.1) is 0 Å². The lowest BCUT2D eigenvalue weighted by Gasteiger charge is -2.21. The standard InChI is InChI=1S/C24H25NO2/c1-2-23(27-20-15-14-17-8-3-4-10-19(17)16-20)24(26)25-22-13-7-11-18-9-5-6-12-21(18)22/h5-7,9,11-16,23H,2-4,8,10H2,1H3,(H,25,26)/t23-/m1/s1. The monoisotopic (exact) mass is 359 g/mol. The van der Waals surface area contributed by atoms with Gasteiger partial charge < -0.3 is 10.1 Å². The lowest BCUT2D eigenvalue weighted by molar-refractivity contribution is -0.122. The molecule has 1 aliphatic rings. The largest absolute Gasteiger partial charge is 0.481 e. The Hall–Kier alpha value is -2.81. The van der Waals surface area contributed by atoms with Gasteiger partial charge in [0, 0.05) is 11.1 Å². The number of benzene rings is 3. The molecule has 1 N–H and O–H groups in total. The highest BCUT2D eigenvalue weighted by molar-refractivity contribution is 6.03. The minimum Gasteiger partial charge on any atom is -0.481 e. The van der Waals surface area contributed by atoms with E-state index < -0.39 is 6.10 Å². The van der Waals surface area contributed by atoms with E-state index in [0.29, 0.717) is 6.42 Å². The van der Waals surface area contributed by atoms with Crippen LogP contribution in [0.5, 0.6) is 5.75 Å². The molecule has 3 nitrogen and oxygen atoms in total. The fourth-order valence-corrected chi connectivity index (χ4v) is 3.82. The van der Waals surface area contributed by atoms with E-state index >= 15 is 0 Å². The second-order valence-electron chi connectivity index (χ2n) is 7.17. The molecule has 0 fully saturated rings. The summed E-state index contributed by atoms with van der Waals surface area (Å²) in [6.07, 6.45) is 4.85. The fraction of sp³-hybridized carbons (Fsp3) is 0.292. The van der Waals surface area contributed by atoms with Gasteiger partial charge in [0.2, 0.25) is 0 Å². The highest BCUT2D eigenvalue weighted by atomic mass is 16.5. The topological polar surface area (TPSA) is 38.3 Å². The van der Waals surface area contributed by atoms with Gasteiger partial charge in [-0.2, -0.15) is 0 Å². The fourth-order valence-electron chi connectivity index (χ4n) is 3.82. The van der Waals surface area contributed by atoms with E-state index in [1.165, 1.54) is 24.0 Å². The minimum absolute atomic E-state index is 0.105. The molecular formula is C24H25NO2. The smallest absolute Gasteiger partial charge is 0.265 e. The summed E-state index contributed by atoms with van der Waals surface area (Å²) >= 11 is 0. The predicted molar refractivity (Wildman–Crippen MR) is 110 cm³/mol. The third kappa shape index (κ3) is 3.82. The molecule has 0 saturated carbocycles. The van der Waals surface area contributed by atoms with Crippen molar-refractivity contribution in [3.63, 3.8) is 0 Å². The molecule has 3 heteroatoms. The molecule has 0 bridgehead atoms. The first kappa shape index (κ1) is 17.6. The van der Waals surface area contributed by atoms with Crippen LogP contribution in [-0.2, 0) is 17.6 Å². The van der Waals surface area contributed by atoms with Gasteiger partial charge in [-0.1, -0.05) is 49.4 Å². The Labute approximate surface area is 160 Å². The molecule has 1 amide bonds. The lowest BCUT2D eigenvalue weighted by Crippen LogP contribution is -2.32. The third-order valence-corrected chi connectivity index (χ3v) is 5.31. The van der Waals surface area contributed by atoms with Crippen LogP contribution in [0.15, 0.2) is 60.7 Å². The van der Waals surface area contributed by atoms with Crippen molar-refractivity contribution in [2.45, 2.75) is 45.1 Å². The van der Waals surface area contributed by atoms with Crippen LogP contribution < -0.4 is 10.1 Å². The van der Waals surface area contributed by atoms with Gasteiger partial charge >= 0.3 is 0 Å². The van der Waals surface area contributed by atoms with E-state index in [9.17, 15) is 4.79 Å². The summed E-state index contributed by atoms with van der Waals surface area (Å²) in [7, 11) is 0. The number of rotatable bonds is 5. The van der Waals surface area contributed by atoms with E-state index in [4.69, 9.17) is 4.74 Å². The lowest BCUT2D eigenvalue weighted by atomic mass is 9.92.